The van der Waals surface area contributed by atoms with Crippen LogP contribution in [0.2, 0.25) is 0 Å². The van der Waals surface area contributed by atoms with Crippen molar-refractivity contribution < 1.29 is 9.47 Å². The van der Waals surface area contributed by atoms with Gasteiger partial charge in [-0.3, -0.25) is 0 Å². The summed E-state index contributed by atoms with van der Waals surface area (Å²) < 4.78 is 10.8. The summed E-state index contributed by atoms with van der Waals surface area (Å²) in [5.74, 6) is 0. The maximum Gasteiger partial charge on any atom is 0.0748 e. The van der Waals surface area contributed by atoms with E-state index < -0.39 is 0 Å². The van der Waals surface area contributed by atoms with Gasteiger partial charge in [0.05, 0.1) is 19.3 Å². The van der Waals surface area contributed by atoms with Crippen molar-refractivity contribution in [2.24, 2.45) is 0 Å². The molecule has 1 aliphatic heterocycles. The molecule has 2 rings (SSSR count). The topological polar surface area (TPSA) is 33.7 Å². The smallest absolute Gasteiger partial charge is 0.0748 e. The number of benzene rings is 1. The molecule has 1 unspecified atom stereocenters. The van der Waals surface area contributed by atoms with Crippen LogP contribution in [-0.4, -0.2) is 46.1 Å². The second-order valence-corrected chi connectivity index (χ2v) is 5.64. The second-order valence-electron chi connectivity index (χ2n) is 5.64. The lowest BCUT2D eigenvalue weighted by atomic mass is 10.1. The standard InChI is InChI=1S/C17H28N2O2/c1-4-16-13-19(8-10-21-16)17-6-5-15(11-14(17)2)12-18-7-9-20-3/h5-6,11,16,18H,4,7-10,12-13H2,1-3H3. The molecule has 1 aromatic rings. The van der Waals surface area contributed by atoms with Gasteiger partial charge in [0.1, 0.15) is 0 Å². The zero-order valence-corrected chi connectivity index (χ0v) is 13.5. The van der Waals surface area contributed by atoms with Gasteiger partial charge in [0, 0.05) is 39.0 Å². The van der Waals surface area contributed by atoms with Gasteiger partial charge in [-0.1, -0.05) is 19.1 Å². The predicted molar refractivity (Wildman–Crippen MR) is 87.0 cm³/mol. The third-order valence-electron chi connectivity index (χ3n) is 4.01. The van der Waals surface area contributed by atoms with Crippen LogP contribution in [0, 0.1) is 6.92 Å². The molecular formula is C17H28N2O2. The maximum absolute atomic E-state index is 5.76. The lowest BCUT2D eigenvalue weighted by molar-refractivity contribution is 0.0384. The van der Waals surface area contributed by atoms with E-state index in [1.807, 2.05) is 0 Å². The number of anilines is 1. The van der Waals surface area contributed by atoms with Gasteiger partial charge in [-0.25, -0.2) is 0 Å². The monoisotopic (exact) mass is 292 g/mol. The molecule has 118 valence electrons. The Hall–Kier alpha value is -1.10. The number of hydrogen-bond acceptors (Lipinski definition) is 4. The zero-order chi connectivity index (χ0) is 15.1. The number of rotatable bonds is 7. The van der Waals surface area contributed by atoms with Crippen LogP contribution in [0.25, 0.3) is 0 Å². The zero-order valence-electron chi connectivity index (χ0n) is 13.5. The Morgan fingerprint density at radius 3 is 3.00 bits per heavy atom. The molecule has 0 spiro atoms. The quantitative estimate of drug-likeness (QED) is 0.782. The summed E-state index contributed by atoms with van der Waals surface area (Å²) in [6.07, 6.45) is 1.45. The first-order valence-electron chi connectivity index (χ1n) is 7.90. The number of methoxy groups -OCH3 is 1. The van der Waals surface area contributed by atoms with Gasteiger partial charge in [0.2, 0.25) is 0 Å². The summed E-state index contributed by atoms with van der Waals surface area (Å²) in [6.45, 7) is 9.75. The summed E-state index contributed by atoms with van der Waals surface area (Å²) in [5.41, 5.74) is 4.02. The van der Waals surface area contributed by atoms with Crippen LogP contribution in [0.4, 0.5) is 5.69 Å². The van der Waals surface area contributed by atoms with Crippen molar-refractivity contribution in [2.45, 2.75) is 32.9 Å². The first kappa shape index (κ1) is 16.3. The first-order chi connectivity index (χ1) is 10.2. The minimum Gasteiger partial charge on any atom is -0.383 e. The lowest BCUT2D eigenvalue weighted by Gasteiger charge is -2.35. The molecule has 1 aromatic carbocycles. The Kier molecular flexibility index (Phi) is 6.49. The molecule has 0 radical (unpaired) electrons. The molecule has 0 aromatic heterocycles. The van der Waals surface area contributed by atoms with E-state index >= 15 is 0 Å². The number of aryl methyl sites for hydroxylation is 1. The van der Waals surface area contributed by atoms with Crippen molar-refractivity contribution >= 4 is 5.69 Å². The number of nitrogens with one attached hydrogen (secondary N) is 1. The van der Waals surface area contributed by atoms with Crippen LogP contribution in [-0.2, 0) is 16.0 Å². The molecule has 21 heavy (non-hydrogen) atoms. The van der Waals surface area contributed by atoms with Gasteiger partial charge in [0.15, 0.2) is 0 Å². The Labute approximate surface area is 128 Å². The molecule has 1 heterocycles. The van der Waals surface area contributed by atoms with Crippen molar-refractivity contribution in [1.29, 1.82) is 0 Å². The van der Waals surface area contributed by atoms with Crippen LogP contribution < -0.4 is 10.2 Å². The highest BCUT2D eigenvalue weighted by Crippen LogP contribution is 2.24. The van der Waals surface area contributed by atoms with Crippen LogP contribution >= 0.6 is 0 Å². The van der Waals surface area contributed by atoms with E-state index in [4.69, 9.17) is 9.47 Å². The Morgan fingerprint density at radius 2 is 2.29 bits per heavy atom. The lowest BCUT2D eigenvalue weighted by Crippen LogP contribution is -2.42. The molecule has 0 aliphatic carbocycles. The van der Waals surface area contributed by atoms with Crippen LogP contribution in [0.15, 0.2) is 18.2 Å². The second kappa shape index (κ2) is 8.37. The average molecular weight is 292 g/mol. The third kappa shape index (κ3) is 4.70. The predicted octanol–water partition coefficient (Wildman–Crippen LogP) is 2.35. The summed E-state index contributed by atoms with van der Waals surface area (Å²) in [5, 5.41) is 3.39. The molecule has 4 heteroatoms. The van der Waals surface area contributed by atoms with Crippen molar-refractivity contribution in [3.05, 3.63) is 29.3 Å². The van der Waals surface area contributed by atoms with E-state index in [1.54, 1.807) is 7.11 Å². The molecule has 1 atom stereocenters. The largest absolute Gasteiger partial charge is 0.383 e. The summed E-state index contributed by atoms with van der Waals surface area (Å²) in [7, 11) is 1.73. The van der Waals surface area contributed by atoms with Gasteiger partial charge < -0.3 is 19.7 Å². The van der Waals surface area contributed by atoms with Gasteiger partial charge in [-0.15, -0.1) is 0 Å². The van der Waals surface area contributed by atoms with Gasteiger partial charge >= 0.3 is 0 Å². The fourth-order valence-corrected chi connectivity index (χ4v) is 2.77. The maximum atomic E-state index is 5.76. The molecule has 1 aliphatic rings. The Balaban J connectivity index is 1.95. The number of ether oxygens (including phenoxy) is 2. The van der Waals surface area contributed by atoms with E-state index in [1.165, 1.54) is 16.8 Å². The van der Waals surface area contributed by atoms with Crippen molar-refractivity contribution in [3.63, 3.8) is 0 Å². The van der Waals surface area contributed by atoms with E-state index in [0.717, 1.165) is 45.8 Å². The van der Waals surface area contributed by atoms with E-state index in [9.17, 15) is 0 Å². The number of morpholine rings is 1. The Morgan fingerprint density at radius 1 is 1.43 bits per heavy atom. The van der Waals surface area contributed by atoms with Crippen LogP contribution in [0.1, 0.15) is 24.5 Å². The molecule has 0 saturated carbocycles. The van der Waals surface area contributed by atoms with Crippen molar-refractivity contribution in [3.8, 4) is 0 Å². The molecule has 4 nitrogen and oxygen atoms in total. The first-order valence-corrected chi connectivity index (χ1v) is 7.90. The minimum absolute atomic E-state index is 0.369. The number of hydrogen-bond donors (Lipinski definition) is 1. The van der Waals surface area contributed by atoms with E-state index in [0.29, 0.717) is 6.10 Å². The third-order valence-corrected chi connectivity index (χ3v) is 4.01. The summed E-state index contributed by atoms with van der Waals surface area (Å²) >= 11 is 0. The minimum atomic E-state index is 0.369. The van der Waals surface area contributed by atoms with Gasteiger partial charge in [-0.05, 0) is 30.5 Å². The molecule has 1 fully saturated rings. The van der Waals surface area contributed by atoms with Crippen LogP contribution in [0.3, 0.4) is 0 Å². The molecule has 0 amide bonds. The van der Waals surface area contributed by atoms with Gasteiger partial charge in [0.25, 0.3) is 0 Å². The van der Waals surface area contributed by atoms with Crippen molar-refractivity contribution in [1.82, 2.24) is 5.32 Å². The van der Waals surface area contributed by atoms with E-state index in [-0.39, 0.29) is 0 Å². The molecular weight excluding hydrogens is 264 g/mol. The highest BCUT2D eigenvalue weighted by atomic mass is 16.5. The van der Waals surface area contributed by atoms with Crippen LogP contribution in [0.5, 0.6) is 0 Å². The normalized spacial score (nSPS) is 19.0. The molecule has 1 N–H and O–H groups in total. The van der Waals surface area contributed by atoms with E-state index in [2.05, 4.69) is 42.3 Å². The molecule has 0 bridgehead atoms. The SMILES string of the molecule is CCC1CN(c2ccc(CNCCOC)cc2C)CCO1. The van der Waals surface area contributed by atoms with Gasteiger partial charge in [-0.2, -0.15) is 0 Å². The van der Waals surface area contributed by atoms with Crippen molar-refractivity contribution in [2.75, 3.05) is 44.9 Å². The highest BCUT2D eigenvalue weighted by Gasteiger charge is 2.20. The highest BCUT2D eigenvalue weighted by molar-refractivity contribution is 5.54. The fraction of sp³-hybridized carbons (Fsp3) is 0.647. The average Bonchev–Trinajstić information content (AvgIpc) is 2.52. The Bertz CT molecular complexity index is 437. The summed E-state index contributed by atoms with van der Waals surface area (Å²) in [6, 6.07) is 6.75. The fourth-order valence-electron chi connectivity index (χ4n) is 2.77. The molecule has 1 saturated heterocycles. The number of nitrogens with zero attached hydrogens (tertiary/aromatic N) is 1. The summed E-state index contributed by atoms with van der Waals surface area (Å²) in [4.78, 5) is 2.45.